The van der Waals surface area contributed by atoms with E-state index in [1.54, 1.807) is 36.1 Å². The van der Waals surface area contributed by atoms with Gasteiger partial charge in [0.15, 0.2) is 0 Å². The summed E-state index contributed by atoms with van der Waals surface area (Å²) in [5.74, 6) is 0.296. The number of thiophene rings is 1. The highest BCUT2D eigenvalue weighted by Gasteiger charge is 2.31. The number of amides is 2. The number of nitrogens with zero attached hydrogens (tertiary/aromatic N) is 1. The van der Waals surface area contributed by atoms with Crippen LogP contribution in [0.25, 0.3) is 0 Å². The van der Waals surface area contributed by atoms with Gasteiger partial charge in [-0.25, -0.2) is 9.59 Å². The minimum atomic E-state index is -0.497. The number of hydrogen-bond acceptors (Lipinski definition) is 7. The Hall–Kier alpha value is -3.85. The first-order valence-electron chi connectivity index (χ1n) is 10.8. The number of ether oxygens (including phenoxy) is 3. The van der Waals surface area contributed by atoms with Crippen LogP contribution < -0.4 is 10.1 Å². The van der Waals surface area contributed by atoms with Crippen molar-refractivity contribution in [3.8, 4) is 11.5 Å². The van der Waals surface area contributed by atoms with Gasteiger partial charge in [-0.1, -0.05) is 24.3 Å². The minimum Gasteiger partial charge on any atom is -0.462 e. The van der Waals surface area contributed by atoms with Crippen LogP contribution in [0.4, 0.5) is 9.80 Å². The van der Waals surface area contributed by atoms with Crippen LogP contribution in [0, 0.1) is 0 Å². The van der Waals surface area contributed by atoms with Crippen LogP contribution in [0.2, 0.25) is 0 Å². The molecule has 0 aliphatic carbocycles. The van der Waals surface area contributed by atoms with Crippen molar-refractivity contribution in [2.75, 3.05) is 25.6 Å². The third-order valence-corrected chi connectivity index (χ3v) is 6.40. The second-order valence-electron chi connectivity index (χ2n) is 7.47. The lowest BCUT2D eigenvalue weighted by atomic mass is 10.0. The first-order valence-corrected chi connectivity index (χ1v) is 11.6. The molecule has 0 radical (unpaired) electrons. The molecule has 0 bridgehead atoms. The molecule has 0 fully saturated rings. The smallest absolute Gasteiger partial charge is 0.409 e. The van der Waals surface area contributed by atoms with E-state index in [-0.39, 0.29) is 12.5 Å². The molecule has 4 rings (SSSR count). The zero-order chi connectivity index (χ0) is 24.1. The average molecular weight is 481 g/mol. The van der Waals surface area contributed by atoms with Gasteiger partial charge in [-0.05, 0) is 49.2 Å². The fraction of sp³-hybridized carbons (Fsp3) is 0.240. The molecule has 1 aliphatic heterocycles. The average Bonchev–Trinajstić information content (AvgIpc) is 3.21. The van der Waals surface area contributed by atoms with E-state index in [1.165, 1.54) is 18.4 Å². The summed E-state index contributed by atoms with van der Waals surface area (Å²) >= 11 is 1.26. The number of nitrogens with one attached hydrogen (secondary N) is 1. The molecular weight excluding hydrogens is 456 g/mol. The fourth-order valence-corrected chi connectivity index (χ4v) is 4.94. The summed E-state index contributed by atoms with van der Waals surface area (Å²) in [6.07, 6.45) is 0.0308. The molecule has 8 nitrogen and oxygen atoms in total. The summed E-state index contributed by atoms with van der Waals surface area (Å²) in [6, 6.07) is 16.1. The maximum absolute atomic E-state index is 13.1. The van der Waals surface area contributed by atoms with Gasteiger partial charge in [-0.2, -0.15) is 0 Å². The van der Waals surface area contributed by atoms with Crippen molar-refractivity contribution in [3.63, 3.8) is 0 Å². The molecule has 3 aromatic rings. The SMILES string of the molecule is CCOC(=O)c1c(NC(=O)c2cccc(Oc3ccccc3)c2)sc2c1CCN(C(=O)OC)C2. The number of para-hydroxylation sites is 1. The summed E-state index contributed by atoms with van der Waals surface area (Å²) in [7, 11) is 1.33. The zero-order valence-electron chi connectivity index (χ0n) is 18.8. The van der Waals surface area contributed by atoms with Gasteiger partial charge in [0.25, 0.3) is 5.91 Å². The Bertz CT molecular complexity index is 1210. The van der Waals surface area contributed by atoms with Crippen LogP contribution in [0.15, 0.2) is 54.6 Å². The summed E-state index contributed by atoms with van der Waals surface area (Å²) < 4.78 is 15.9. The van der Waals surface area contributed by atoms with Crippen molar-refractivity contribution in [3.05, 3.63) is 76.2 Å². The molecule has 34 heavy (non-hydrogen) atoms. The first-order chi connectivity index (χ1) is 16.5. The molecule has 9 heteroatoms. The maximum Gasteiger partial charge on any atom is 0.409 e. The van der Waals surface area contributed by atoms with E-state index >= 15 is 0 Å². The van der Waals surface area contributed by atoms with E-state index < -0.39 is 12.1 Å². The summed E-state index contributed by atoms with van der Waals surface area (Å²) in [4.78, 5) is 40.2. The van der Waals surface area contributed by atoms with E-state index in [2.05, 4.69) is 5.32 Å². The fourth-order valence-electron chi connectivity index (χ4n) is 3.70. The second-order valence-corrected chi connectivity index (χ2v) is 8.57. The normalized spacial score (nSPS) is 12.5. The van der Waals surface area contributed by atoms with Crippen LogP contribution >= 0.6 is 11.3 Å². The van der Waals surface area contributed by atoms with Crippen molar-refractivity contribution in [1.29, 1.82) is 0 Å². The second kappa shape index (κ2) is 10.4. The van der Waals surface area contributed by atoms with Crippen molar-refractivity contribution >= 4 is 34.3 Å². The molecule has 2 heterocycles. The van der Waals surface area contributed by atoms with Crippen LogP contribution in [-0.4, -0.2) is 43.1 Å². The Labute approximate surface area is 201 Å². The van der Waals surface area contributed by atoms with E-state index in [1.807, 2.05) is 30.3 Å². The molecular formula is C25H24N2O6S. The van der Waals surface area contributed by atoms with E-state index in [9.17, 15) is 14.4 Å². The molecule has 0 saturated heterocycles. The topological polar surface area (TPSA) is 94.2 Å². The highest BCUT2D eigenvalue weighted by atomic mass is 32.1. The molecule has 0 atom stereocenters. The third kappa shape index (κ3) is 5.04. The van der Waals surface area contributed by atoms with Gasteiger partial charge in [0, 0.05) is 17.0 Å². The van der Waals surface area contributed by atoms with Crippen LogP contribution in [-0.2, 0) is 22.4 Å². The van der Waals surface area contributed by atoms with Gasteiger partial charge < -0.3 is 24.4 Å². The number of fused-ring (bicyclic) bond motifs is 1. The monoisotopic (exact) mass is 480 g/mol. The summed E-state index contributed by atoms with van der Waals surface area (Å²) in [5.41, 5.74) is 1.52. The van der Waals surface area contributed by atoms with Crippen molar-refractivity contribution < 1.29 is 28.6 Å². The molecule has 1 aromatic heterocycles. The standard InChI is InChI=1S/C25H24N2O6S/c1-3-32-24(29)21-19-12-13-27(25(30)31-2)15-20(19)34-23(21)26-22(28)16-8-7-11-18(14-16)33-17-9-5-4-6-10-17/h4-11,14H,3,12-13,15H2,1-2H3,(H,26,28). The number of rotatable bonds is 6. The predicted molar refractivity (Wildman–Crippen MR) is 128 cm³/mol. The van der Waals surface area contributed by atoms with Gasteiger partial charge in [0.05, 0.1) is 25.8 Å². The van der Waals surface area contributed by atoms with E-state index in [0.717, 1.165) is 10.4 Å². The first kappa shape index (κ1) is 23.3. The largest absolute Gasteiger partial charge is 0.462 e. The van der Waals surface area contributed by atoms with Gasteiger partial charge >= 0.3 is 12.1 Å². The third-order valence-electron chi connectivity index (χ3n) is 5.27. The van der Waals surface area contributed by atoms with Gasteiger partial charge in [0.1, 0.15) is 16.5 Å². The lowest BCUT2D eigenvalue weighted by Gasteiger charge is -2.25. The Morgan fingerprint density at radius 3 is 2.56 bits per heavy atom. The lowest BCUT2D eigenvalue weighted by Crippen LogP contribution is -2.35. The highest BCUT2D eigenvalue weighted by Crippen LogP contribution is 2.38. The Kier molecular flexibility index (Phi) is 7.12. The van der Waals surface area contributed by atoms with Crippen LogP contribution in [0.3, 0.4) is 0 Å². The number of carbonyl (C=O) groups excluding carboxylic acids is 3. The molecule has 176 valence electrons. The number of carbonyl (C=O) groups is 3. The quantitative estimate of drug-likeness (QED) is 0.494. The van der Waals surface area contributed by atoms with E-state index in [4.69, 9.17) is 14.2 Å². The number of esters is 1. The highest BCUT2D eigenvalue weighted by molar-refractivity contribution is 7.17. The van der Waals surface area contributed by atoms with Crippen LogP contribution in [0.5, 0.6) is 11.5 Å². The Balaban J connectivity index is 1.59. The number of benzene rings is 2. The molecule has 1 N–H and O–H groups in total. The molecule has 2 amide bonds. The molecule has 0 saturated carbocycles. The van der Waals surface area contributed by atoms with Crippen molar-refractivity contribution in [2.45, 2.75) is 19.9 Å². The molecule has 0 unspecified atom stereocenters. The van der Waals surface area contributed by atoms with Crippen molar-refractivity contribution in [1.82, 2.24) is 4.90 Å². The minimum absolute atomic E-state index is 0.212. The van der Waals surface area contributed by atoms with Crippen molar-refractivity contribution in [2.24, 2.45) is 0 Å². The Morgan fingerprint density at radius 1 is 1.06 bits per heavy atom. The maximum atomic E-state index is 13.1. The van der Waals surface area contributed by atoms with Gasteiger partial charge in [-0.3, -0.25) is 4.79 Å². The van der Waals surface area contributed by atoms with Crippen LogP contribution in [0.1, 0.15) is 38.1 Å². The summed E-state index contributed by atoms with van der Waals surface area (Å²) in [5, 5.41) is 3.26. The van der Waals surface area contributed by atoms with Gasteiger partial charge in [-0.15, -0.1) is 11.3 Å². The molecule has 1 aliphatic rings. The molecule has 2 aromatic carbocycles. The number of methoxy groups -OCH3 is 1. The zero-order valence-corrected chi connectivity index (χ0v) is 19.6. The van der Waals surface area contributed by atoms with E-state index in [0.29, 0.717) is 47.1 Å². The Morgan fingerprint density at radius 2 is 1.82 bits per heavy atom. The molecule has 0 spiro atoms. The number of hydrogen-bond donors (Lipinski definition) is 1. The number of anilines is 1. The summed E-state index contributed by atoms with van der Waals surface area (Å²) in [6.45, 7) is 2.65. The van der Waals surface area contributed by atoms with Gasteiger partial charge in [0.2, 0.25) is 0 Å². The lowest BCUT2D eigenvalue weighted by molar-refractivity contribution is 0.0526. The predicted octanol–water partition coefficient (Wildman–Crippen LogP) is 5.09.